The fourth-order valence-corrected chi connectivity index (χ4v) is 1.71. The quantitative estimate of drug-likeness (QED) is 0.688. The molecule has 0 saturated heterocycles. The molecule has 104 valence electrons. The summed E-state index contributed by atoms with van der Waals surface area (Å²) in [6.45, 7) is -0.201. The molecule has 0 amide bonds. The van der Waals surface area contributed by atoms with Gasteiger partial charge in [0.15, 0.2) is 0 Å². The van der Waals surface area contributed by atoms with Gasteiger partial charge in [0.05, 0.1) is 4.92 Å². The highest BCUT2D eigenvalue weighted by Gasteiger charge is 2.19. The predicted octanol–water partition coefficient (Wildman–Crippen LogP) is 3.62. The second kappa shape index (κ2) is 5.60. The van der Waals surface area contributed by atoms with Crippen molar-refractivity contribution in [1.82, 2.24) is 0 Å². The summed E-state index contributed by atoms with van der Waals surface area (Å²) in [6.07, 6.45) is 0. The van der Waals surface area contributed by atoms with Gasteiger partial charge in [-0.25, -0.2) is 8.78 Å². The van der Waals surface area contributed by atoms with Crippen LogP contribution in [0.3, 0.4) is 0 Å². The first kappa shape index (κ1) is 13.9. The molecule has 0 aliphatic carbocycles. The Morgan fingerprint density at radius 2 is 1.85 bits per heavy atom. The van der Waals surface area contributed by atoms with Crippen LogP contribution in [0.5, 0.6) is 0 Å². The molecule has 0 unspecified atom stereocenters. The van der Waals surface area contributed by atoms with E-state index in [2.05, 4.69) is 5.32 Å². The van der Waals surface area contributed by atoms with E-state index in [1.165, 1.54) is 12.1 Å². The van der Waals surface area contributed by atoms with E-state index in [4.69, 9.17) is 0 Å². The topological polar surface area (TPSA) is 55.2 Å². The molecule has 2 aromatic carbocycles. The van der Waals surface area contributed by atoms with Gasteiger partial charge in [-0.3, -0.25) is 10.1 Å². The summed E-state index contributed by atoms with van der Waals surface area (Å²) < 4.78 is 39.7. The van der Waals surface area contributed by atoms with Gasteiger partial charge >= 0.3 is 5.69 Å². The minimum atomic E-state index is -1.00. The first-order valence-corrected chi connectivity index (χ1v) is 5.59. The Hall–Kier alpha value is -2.57. The Bertz CT molecular complexity index is 662. The third kappa shape index (κ3) is 2.87. The zero-order valence-electron chi connectivity index (χ0n) is 10.1. The molecule has 0 aromatic heterocycles. The number of para-hydroxylation sites is 1. The van der Waals surface area contributed by atoms with E-state index in [0.717, 1.165) is 24.3 Å². The average Bonchev–Trinajstić information content (AvgIpc) is 2.39. The number of anilines is 1. The first-order chi connectivity index (χ1) is 9.49. The smallest absolute Gasteiger partial charge is 0.327 e. The molecular formula is C13H9F3N2O2. The molecule has 0 fully saturated rings. The monoisotopic (exact) mass is 282 g/mol. The fourth-order valence-electron chi connectivity index (χ4n) is 1.71. The highest BCUT2D eigenvalue weighted by molar-refractivity contribution is 5.62. The van der Waals surface area contributed by atoms with E-state index in [9.17, 15) is 23.3 Å². The molecule has 0 aliphatic rings. The van der Waals surface area contributed by atoms with Crippen LogP contribution in [0.4, 0.5) is 24.5 Å². The van der Waals surface area contributed by atoms with E-state index in [1.54, 1.807) is 0 Å². The molecule has 0 radical (unpaired) electrons. The van der Waals surface area contributed by atoms with Crippen molar-refractivity contribution in [2.24, 2.45) is 0 Å². The van der Waals surface area contributed by atoms with Crippen molar-refractivity contribution in [1.29, 1.82) is 0 Å². The summed E-state index contributed by atoms with van der Waals surface area (Å²) in [6, 6.07) is 6.40. The Morgan fingerprint density at radius 3 is 2.55 bits per heavy atom. The van der Waals surface area contributed by atoms with Crippen LogP contribution in [0.2, 0.25) is 0 Å². The zero-order valence-corrected chi connectivity index (χ0v) is 10.1. The molecule has 0 aliphatic heterocycles. The summed E-state index contributed by atoms with van der Waals surface area (Å²) in [7, 11) is 0. The van der Waals surface area contributed by atoms with Crippen molar-refractivity contribution < 1.29 is 18.1 Å². The van der Waals surface area contributed by atoms with Crippen molar-refractivity contribution >= 4 is 11.4 Å². The lowest BCUT2D eigenvalue weighted by Gasteiger charge is -2.08. The van der Waals surface area contributed by atoms with Gasteiger partial charge < -0.3 is 5.32 Å². The maximum absolute atomic E-state index is 13.4. The predicted molar refractivity (Wildman–Crippen MR) is 66.7 cm³/mol. The Morgan fingerprint density at radius 1 is 1.10 bits per heavy atom. The van der Waals surface area contributed by atoms with Gasteiger partial charge in [0.25, 0.3) is 0 Å². The highest BCUT2D eigenvalue weighted by Crippen LogP contribution is 2.27. The summed E-state index contributed by atoms with van der Waals surface area (Å²) in [5.74, 6) is -2.28. The van der Waals surface area contributed by atoms with Gasteiger partial charge in [-0.2, -0.15) is 4.39 Å². The third-order valence-electron chi connectivity index (χ3n) is 2.65. The minimum absolute atomic E-state index is 0.0106. The number of halogens is 3. The van der Waals surface area contributed by atoms with E-state index >= 15 is 0 Å². The Labute approximate surface area is 112 Å². The van der Waals surface area contributed by atoms with Gasteiger partial charge in [0, 0.05) is 12.1 Å². The van der Waals surface area contributed by atoms with E-state index in [-0.39, 0.29) is 17.8 Å². The normalized spacial score (nSPS) is 10.3. The van der Waals surface area contributed by atoms with Gasteiger partial charge in [0.2, 0.25) is 5.82 Å². The van der Waals surface area contributed by atoms with E-state index in [0.29, 0.717) is 0 Å². The summed E-state index contributed by atoms with van der Waals surface area (Å²) in [5.41, 5.74) is -0.841. The number of benzene rings is 2. The molecule has 0 bridgehead atoms. The zero-order chi connectivity index (χ0) is 14.7. The molecule has 7 heteroatoms. The van der Waals surface area contributed by atoms with Crippen LogP contribution in [0, 0.1) is 27.6 Å². The second-order valence-electron chi connectivity index (χ2n) is 3.98. The molecule has 2 rings (SSSR count). The van der Waals surface area contributed by atoms with E-state index in [1.807, 2.05) is 0 Å². The molecule has 0 saturated carbocycles. The Balaban J connectivity index is 2.25. The van der Waals surface area contributed by atoms with Gasteiger partial charge in [-0.1, -0.05) is 6.07 Å². The molecule has 20 heavy (non-hydrogen) atoms. The van der Waals surface area contributed by atoms with E-state index < -0.39 is 28.1 Å². The van der Waals surface area contributed by atoms with Crippen molar-refractivity contribution in [3.8, 4) is 0 Å². The van der Waals surface area contributed by atoms with Crippen LogP contribution in [0.1, 0.15) is 5.56 Å². The number of nitro benzene ring substituents is 1. The summed E-state index contributed by atoms with van der Waals surface area (Å²) in [4.78, 5) is 9.89. The second-order valence-corrected chi connectivity index (χ2v) is 3.98. The standard InChI is InChI=1S/C13H9F3N2O2/c14-9-4-5-10(15)8(6-9)7-17-12-3-1-2-11(16)13(12)18(19)20/h1-6,17H,7H2. The number of nitrogens with one attached hydrogen (secondary N) is 1. The van der Waals surface area contributed by atoms with Crippen molar-refractivity contribution in [2.45, 2.75) is 6.54 Å². The lowest BCUT2D eigenvalue weighted by molar-refractivity contribution is -0.386. The van der Waals surface area contributed by atoms with Crippen LogP contribution in [-0.4, -0.2) is 4.92 Å². The number of rotatable bonds is 4. The average molecular weight is 282 g/mol. The molecular weight excluding hydrogens is 273 g/mol. The van der Waals surface area contributed by atoms with Gasteiger partial charge in [-0.05, 0) is 30.3 Å². The maximum Gasteiger partial charge on any atom is 0.327 e. The molecule has 2 aromatic rings. The van der Waals surface area contributed by atoms with Gasteiger partial charge in [-0.15, -0.1) is 0 Å². The van der Waals surface area contributed by atoms with Crippen molar-refractivity contribution in [3.63, 3.8) is 0 Å². The summed E-state index contributed by atoms with van der Waals surface area (Å²) >= 11 is 0. The van der Waals surface area contributed by atoms with Gasteiger partial charge in [0.1, 0.15) is 17.3 Å². The van der Waals surface area contributed by atoms with Crippen LogP contribution in [-0.2, 0) is 6.54 Å². The Kier molecular flexibility index (Phi) is 3.88. The third-order valence-corrected chi connectivity index (χ3v) is 2.65. The lowest BCUT2D eigenvalue weighted by Crippen LogP contribution is -2.05. The number of nitro groups is 1. The van der Waals surface area contributed by atoms with Crippen molar-refractivity contribution in [2.75, 3.05) is 5.32 Å². The number of nitrogens with zero attached hydrogens (tertiary/aromatic N) is 1. The maximum atomic E-state index is 13.4. The van der Waals surface area contributed by atoms with Crippen LogP contribution in [0.25, 0.3) is 0 Å². The lowest BCUT2D eigenvalue weighted by atomic mass is 10.2. The first-order valence-electron chi connectivity index (χ1n) is 5.59. The largest absolute Gasteiger partial charge is 0.375 e. The fraction of sp³-hybridized carbons (Fsp3) is 0.0769. The molecule has 0 spiro atoms. The van der Waals surface area contributed by atoms with Crippen LogP contribution in [0.15, 0.2) is 36.4 Å². The van der Waals surface area contributed by atoms with Crippen LogP contribution >= 0.6 is 0 Å². The molecule has 4 nitrogen and oxygen atoms in total. The summed E-state index contributed by atoms with van der Waals surface area (Å²) in [5, 5.41) is 13.3. The molecule has 0 heterocycles. The van der Waals surface area contributed by atoms with Crippen molar-refractivity contribution in [3.05, 3.63) is 69.5 Å². The SMILES string of the molecule is O=[N+]([O-])c1c(F)cccc1NCc1cc(F)ccc1F. The number of hydrogen-bond donors (Lipinski definition) is 1. The minimum Gasteiger partial charge on any atom is -0.375 e. The molecule has 0 atom stereocenters. The number of hydrogen-bond acceptors (Lipinski definition) is 3. The highest BCUT2D eigenvalue weighted by atomic mass is 19.1. The molecule has 1 N–H and O–H groups in total. The van der Waals surface area contributed by atoms with Crippen LogP contribution < -0.4 is 5.32 Å².